The number of fused-ring (bicyclic) bond motifs is 1. The normalized spacial score (nSPS) is 17.8. The summed E-state index contributed by atoms with van der Waals surface area (Å²) in [5.41, 5.74) is 3.55. The summed E-state index contributed by atoms with van der Waals surface area (Å²) < 4.78 is 6.82. The van der Waals surface area contributed by atoms with Gasteiger partial charge in [0.05, 0.1) is 16.6 Å². The van der Waals surface area contributed by atoms with E-state index in [1.54, 1.807) is 11.3 Å². The molecule has 1 aromatic carbocycles. The lowest BCUT2D eigenvalue weighted by atomic mass is 10.1. The van der Waals surface area contributed by atoms with Crippen molar-refractivity contribution in [3.8, 4) is 5.75 Å². The Hall–Kier alpha value is -1.19. The Bertz CT molecular complexity index is 567. The molecule has 18 heavy (non-hydrogen) atoms. The van der Waals surface area contributed by atoms with Gasteiger partial charge in [-0.2, -0.15) is 0 Å². The van der Waals surface area contributed by atoms with Crippen LogP contribution in [-0.4, -0.2) is 6.54 Å². The predicted octanol–water partition coefficient (Wildman–Crippen LogP) is 4.51. The van der Waals surface area contributed by atoms with Crippen molar-refractivity contribution >= 4 is 28.6 Å². The number of halogens is 1. The Kier molecular flexibility index (Phi) is 3.18. The van der Waals surface area contributed by atoms with E-state index in [0.29, 0.717) is 0 Å². The van der Waals surface area contributed by atoms with Crippen molar-refractivity contribution in [3.63, 3.8) is 0 Å². The summed E-state index contributed by atoms with van der Waals surface area (Å²) in [5, 5.41) is 5.49. The first-order valence-electron chi connectivity index (χ1n) is 6.03. The SMILES string of the molecule is CCc1ccc2c(c1)NCC(c1csc(Cl)c1)O2. The van der Waals surface area contributed by atoms with E-state index in [-0.39, 0.29) is 6.10 Å². The molecule has 2 aromatic rings. The number of anilines is 1. The summed E-state index contributed by atoms with van der Waals surface area (Å²) in [6.07, 6.45) is 1.09. The molecular weight excluding hydrogens is 266 g/mol. The number of hydrogen-bond acceptors (Lipinski definition) is 3. The topological polar surface area (TPSA) is 21.3 Å². The number of benzene rings is 1. The minimum absolute atomic E-state index is 0.0497. The van der Waals surface area contributed by atoms with Crippen molar-refractivity contribution in [2.45, 2.75) is 19.4 Å². The molecule has 0 bridgehead atoms. The molecule has 2 nitrogen and oxygen atoms in total. The molecule has 1 aromatic heterocycles. The number of rotatable bonds is 2. The van der Waals surface area contributed by atoms with Crippen LogP contribution in [0.4, 0.5) is 5.69 Å². The maximum Gasteiger partial charge on any atom is 0.143 e. The van der Waals surface area contributed by atoms with Gasteiger partial charge in [0, 0.05) is 5.56 Å². The molecule has 3 rings (SSSR count). The Labute approximate surface area is 116 Å². The molecule has 0 aliphatic carbocycles. The minimum Gasteiger partial charge on any atom is -0.482 e. The number of nitrogens with one attached hydrogen (secondary N) is 1. The molecule has 0 radical (unpaired) electrons. The maximum atomic E-state index is 6.02. The lowest BCUT2D eigenvalue weighted by Gasteiger charge is -2.27. The lowest BCUT2D eigenvalue weighted by Crippen LogP contribution is -2.23. The summed E-state index contributed by atoms with van der Waals surface area (Å²) in [4.78, 5) is 0. The van der Waals surface area contributed by atoms with Crippen molar-refractivity contribution < 1.29 is 4.74 Å². The van der Waals surface area contributed by atoms with E-state index in [4.69, 9.17) is 16.3 Å². The standard InChI is InChI=1S/C14H14ClNOS/c1-2-9-3-4-12-11(5-9)16-7-13(17-12)10-6-14(15)18-8-10/h3-6,8,13,16H,2,7H2,1H3. The molecule has 1 aliphatic rings. The summed E-state index contributed by atoms with van der Waals surface area (Å²) in [7, 11) is 0. The molecule has 0 saturated carbocycles. The summed E-state index contributed by atoms with van der Waals surface area (Å²) in [6, 6.07) is 8.29. The van der Waals surface area contributed by atoms with E-state index in [2.05, 4.69) is 29.8 Å². The Morgan fingerprint density at radius 1 is 1.44 bits per heavy atom. The fourth-order valence-electron chi connectivity index (χ4n) is 2.11. The second kappa shape index (κ2) is 4.82. The summed E-state index contributed by atoms with van der Waals surface area (Å²) in [6.45, 7) is 2.94. The van der Waals surface area contributed by atoms with Crippen molar-refractivity contribution in [2.75, 3.05) is 11.9 Å². The molecule has 1 aliphatic heterocycles. The molecule has 0 saturated heterocycles. The largest absolute Gasteiger partial charge is 0.482 e. The second-order valence-corrected chi connectivity index (χ2v) is 5.90. The van der Waals surface area contributed by atoms with Crippen LogP contribution in [0.15, 0.2) is 29.6 Å². The molecule has 0 spiro atoms. The van der Waals surface area contributed by atoms with Gasteiger partial charge < -0.3 is 10.1 Å². The lowest BCUT2D eigenvalue weighted by molar-refractivity contribution is 0.211. The van der Waals surface area contributed by atoms with Crippen LogP contribution in [0.3, 0.4) is 0 Å². The molecule has 94 valence electrons. The molecule has 1 N–H and O–H groups in total. The zero-order valence-corrected chi connectivity index (χ0v) is 11.6. The third-order valence-electron chi connectivity index (χ3n) is 3.16. The number of hydrogen-bond donors (Lipinski definition) is 1. The van der Waals surface area contributed by atoms with Crippen LogP contribution in [0.2, 0.25) is 4.34 Å². The van der Waals surface area contributed by atoms with Crippen LogP contribution >= 0.6 is 22.9 Å². The smallest absolute Gasteiger partial charge is 0.143 e. The highest BCUT2D eigenvalue weighted by atomic mass is 35.5. The van der Waals surface area contributed by atoms with E-state index >= 15 is 0 Å². The molecule has 2 heterocycles. The van der Waals surface area contributed by atoms with E-state index in [1.807, 2.05) is 12.1 Å². The van der Waals surface area contributed by atoms with Crippen molar-refractivity contribution in [3.05, 3.63) is 45.1 Å². The molecule has 4 heteroatoms. The van der Waals surface area contributed by atoms with Gasteiger partial charge in [0.2, 0.25) is 0 Å². The van der Waals surface area contributed by atoms with Gasteiger partial charge in [0.15, 0.2) is 0 Å². The average Bonchev–Trinajstić information content (AvgIpc) is 2.84. The van der Waals surface area contributed by atoms with Gasteiger partial charge in [-0.3, -0.25) is 0 Å². The van der Waals surface area contributed by atoms with E-state index in [9.17, 15) is 0 Å². The van der Waals surface area contributed by atoms with E-state index in [0.717, 1.165) is 34.3 Å². The summed E-state index contributed by atoms with van der Waals surface area (Å²) >= 11 is 7.51. The molecule has 1 unspecified atom stereocenters. The van der Waals surface area contributed by atoms with Crippen LogP contribution < -0.4 is 10.1 Å². The van der Waals surface area contributed by atoms with Crippen LogP contribution in [0.25, 0.3) is 0 Å². The van der Waals surface area contributed by atoms with Gasteiger partial charge in [-0.1, -0.05) is 24.6 Å². The quantitative estimate of drug-likeness (QED) is 0.873. The second-order valence-electron chi connectivity index (χ2n) is 4.36. The van der Waals surface area contributed by atoms with Crippen LogP contribution in [0.5, 0.6) is 5.75 Å². The van der Waals surface area contributed by atoms with Crippen LogP contribution in [-0.2, 0) is 6.42 Å². The highest BCUT2D eigenvalue weighted by molar-refractivity contribution is 7.14. The molecular formula is C14H14ClNOS. The zero-order chi connectivity index (χ0) is 12.5. The van der Waals surface area contributed by atoms with Crippen molar-refractivity contribution in [2.24, 2.45) is 0 Å². The maximum absolute atomic E-state index is 6.02. The Balaban J connectivity index is 1.85. The monoisotopic (exact) mass is 279 g/mol. The summed E-state index contributed by atoms with van der Waals surface area (Å²) in [5.74, 6) is 0.922. The first kappa shape index (κ1) is 11.9. The van der Waals surface area contributed by atoms with Crippen LogP contribution in [0.1, 0.15) is 24.2 Å². The molecule has 0 fully saturated rings. The third kappa shape index (κ3) is 2.20. The fourth-order valence-corrected chi connectivity index (χ4v) is 3.05. The van der Waals surface area contributed by atoms with Crippen molar-refractivity contribution in [1.29, 1.82) is 0 Å². The number of thiophene rings is 1. The first-order valence-corrected chi connectivity index (χ1v) is 7.29. The highest BCUT2D eigenvalue weighted by Crippen LogP contribution is 2.36. The van der Waals surface area contributed by atoms with Crippen molar-refractivity contribution in [1.82, 2.24) is 0 Å². The predicted molar refractivity (Wildman–Crippen MR) is 77.0 cm³/mol. The number of aryl methyl sites for hydroxylation is 1. The zero-order valence-electron chi connectivity index (χ0n) is 10.1. The Morgan fingerprint density at radius 3 is 3.06 bits per heavy atom. The molecule has 0 amide bonds. The Morgan fingerprint density at radius 2 is 2.33 bits per heavy atom. The van der Waals surface area contributed by atoms with Gasteiger partial charge in [0.25, 0.3) is 0 Å². The van der Waals surface area contributed by atoms with Gasteiger partial charge in [-0.15, -0.1) is 11.3 Å². The minimum atomic E-state index is 0.0497. The highest BCUT2D eigenvalue weighted by Gasteiger charge is 2.21. The average molecular weight is 280 g/mol. The number of ether oxygens (including phenoxy) is 1. The fraction of sp³-hybridized carbons (Fsp3) is 0.286. The first-order chi connectivity index (χ1) is 8.76. The van der Waals surface area contributed by atoms with E-state index in [1.165, 1.54) is 5.56 Å². The van der Waals surface area contributed by atoms with Gasteiger partial charge >= 0.3 is 0 Å². The third-order valence-corrected chi connectivity index (χ3v) is 4.27. The van der Waals surface area contributed by atoms with Gasteiger partial charge in [0.1, 0.15) is 11.9 Å². The van der Waals surface area contributed by atoms with Gasteiger partial charge in [-0.25, -0.2) is 0 Å². The van der Waals surface area contributed by atoms with E-state index < -0.39 is 0 Å². The molecule has 1 atom stereocenters. The van der Waals surface area contributed by atoms with Crippen LogP contribution in [0, 0.1) is 0 Å². The van der Waals surface area contributed by atoms with Gasteiger partial charge in [-0.05, 0) is 35.6 Å².